The van der Waals surface area contributed by atoms with E-state index in [0.29, 0.717) is 24.9 Å². The van der Waals surface area contributed by atoms with E-state index in [2.05, 4.69) is 15.5 Å². The SMILES string of the molecule is O=C(O[C@H]1CCCCN(C(=O)c2ccc(F)cc2)C1=O)c1ccc(-n2cnnn2)cc1. The Hall–Kier alpha value is -3.95. The maximum Gasteiger partial charge on any atom is 0.338 e. The summed E-state index contributed by atoms with van der Waals surface area (Å²) >= 11 is 0. The van der Waals surface area contributed by atoms with E-state index in [4.69, 9.17) is 4.74 Å². The standard InChI is InChI=1S/C21H18FN5O4/c22-16-8-4-14(5-9-16)19(28)26-12-2-1-3-18(20(26)29)31-21(30)15-6-10-17(11-7-15)27-13-23-24-25-27/h4-11,13,18H,1-3,12H2/t18-/m0/s1. The number of likely N-dealkylation sites (tertiary alicyclic amines) is 1. The van der Waals surface area contributed by atoms with Crippen LogP contribution in [0.15, 0.2) is 54.9 Å². The number of amides is 2. The van der Waals surface area contributed by atoms with Gasteiger partial charge in [0.2, 0.25) is 0 Å². The monoisotopic (exact) mass is 423 g/mol. The minimum absolute atomic E-state index is 0.194. The molecule has 0 aliphatic carbocycles. The first-order valence-corrected chi connectivity index (χ1v) is 9.68. The molecule has 1 atom stereocenters. The van der Waals surface area contributed by atoms with Crippen LogP contribution in [0, 0.1) is 5.82 Å². The molecule has 2 aromatic carbocycles. The van der Waals surface area contributed by atoms with E-state index in [1.54, 1.807) is 24.3 Å². The Balaban J connectivity index is 1.46. The van der Waals surface area contributed by atoms with Crippen molar-refractivity contribution in [1.82, 2.24) is 25.1 Å². The van der Waals surface area contributed by atoms with E-state index in [-0.39, 0.29) is 17.7 Å². The van der Waals surface area contributed by atoms with Gasteiger partial charge in [0.05, 0.1) is 11.3 Å². The highest BCUT2D eigenvalue weighted by molar-refractivity contribution is 6.06. The number of hydrogen-bond acceptors (Lipinski definition) is 7. The van der Waals surface area contributed by atoms with Gasteiger partial charge in [0, 0.05) is 12.1 Å². The fraction of sp³-hybridized carbons (Fsp3) is 0.238. The highest BCUT2D eigenvalue weighted by atomic mass is 19.1. The molecule has 158 valence electrons. The van der Waals surface area contributed by atoms with Gasteiger partial charge in [-0.3, -0.25) is 14.5 Å². The summed E-state index contributed by atoms with van der Waals surface area (Å²) in [5.41, 5.74) is 1.10. The van der Waals surface area contributed by atoms with Crippen LogP contribution >= 0.6 is 0 Å². The summed E-state index contributed by atoms with van der Waals surface area (Å²) in [4.78, 5) is 39.3. The Kier molecular flexibility index (Phi) is 5.78. The number of carbonyl (C=O) groups is 3. The van der Waals surface area contributed by atoms with E-state index >= 15 is 0 Å². The fourth-order valence-electron chi connectivity index (χ4n) is 3.29. The van der Waals surface area contributed by atoms with Crippen molar-refractivity contribution in [3.05, 3.63) is 71.8 Å². The Morgan fingerprint density at radius 2 is 1.71 bits per heavy atom. The summed E-state index contributed by atoms with van der Waals surface area (Å²) in [6.07, 6.45) is 1.88. The van der Waals surface area contributed by atoms with Crippen molar-refractivity contribution in [3.63, 3.8) is 0 Å². The number of aromatic nitrogens is 4. The quantitative estimate of drug-likeness (QED) is 0.468. The van der Waals surface area contributed by atoms with E-state index in [0.717, 1.165) is 17.0 Å². The summed E-state index contributed by atoms with van der Waals surface area (Å²) < 4.78 is 20.0. The highest BCUT2D eigenvalue weighted by Crippen LogP contribution is 2.20. The molecule has 9 nitrogen and oxygen atoms in total. The largest absolute Gasteiger partial charge is 0.449 e. The van der Waals surface area contributed by atoms with Crippen LogP contribution in [0.25, 0.3) is 5.69 Å². The lowest BCUT2D eigenvalue weighted by atomic mass is 10.1. The van der Waals surface area contributed by atoms with Crippen molar-refractivity contribution in [3.8, 4) is 5.69 Å². The van der Waals surface area contributed by atoms with Crippen LogP contribution in [-0.4, -0.2) is 55.5 Å². The molecule has 2 heterocycles. The van der Waals surface area contributed by atoms with E-state index in [9.17, 15) is 18.8 Å². The number of imide groups is 1. The maximum absolute atomic E-state index is 13.1. The third kappa shape index (κ3) is 4.47. The average molecular weight is 423 g/mol. The molecule has 1 aromatic heterocycles. The van der Waals surface area contributed by atoms with Crippen LogP contribution in [0.3, 0.4) is 0 Å². The molecule has 1 saturated heterocycles. The van der Waals surface area contributed by atoms with Crippen LogP contribution in [0.1, 0.15) is 40.0 Å². The summed E-state index contributed by atoms with van der Waals surface area (Å²) in [6, 6.07) is 11.3. The van der Waals surface area contributed by atoms with Crippen molar-refractivity contribution in [2.24, 2.45) is 0 Å². The molecule has 31 heavy (non-hydrogen) atoms. The first-order chi connectivity index (χ1) is 15.0. The number of halogens is 1. The van der Waals surface area contributed by atoms with E-state index < -0.39 is 29.7 Å². The molecule has 0 saturated carbocycles. The maximum atomic E-state index is 13.1. The predicted molar refractivity (Wildman–Crippen MR) is 105 cm³/mol. The minimum Gasteiger partial charge on any atom is -0.449 e. The van der Waals surface area contributed by atoms with Crippen molar-refractivity contribution < 1.29 is 23.5 Å². The minimum atomic E-state index is -1.07. The van der Waals surface area contributed by atoms with Crippen LogP contribution in [-0.2, 0) is 9.53 Å². The van der Waals surface area contributed by atoms with E-state index in [1.807, 2.05) is 0 Å². The average Bonchev–Trinajstić information content (AvgIpc) is 3.27. The number of hydrogen-bond donors (Lipinski definition) is 0. The number of rotatable bonds is 4. The lowest BCUT2D eigenvalue weighted by Crippen LogP contribution is -2.43. The fourth-order valence-corrected chi connectivity index (χ4v) is 3.29. The first kappa shape index (κ1) is 20.3. The molecule has 0 bridgehead atoms. The second-order valence-corrected chi connectivity index (χ2v) is 6.99. The molecule has 0 spiro atoms. The Morgan fingerprint density at radius 3 is 2.39 bits per heavy atom. The lowest BCUT2D eigenvalue weighted by molar-refractivity contribution is -0.137. The van der Waals surface area contributed by atoms with Crippen molar-refractivity contribution >= 4 is 17.8 Å². The molecule has 0 radical (unpaired) electrons. The smallest absolute Gasteiger partial charge is 0.338 e. The van der Waals surface area contributed by atoms with Crippen LogP contribution in [0.5, 0.6) is 0 Å². The summed E-state index contributed by atoms with van der Waals surface area (Å²) in [5.74, 6) is -2.27. The van der Waals surface area contributed by atoms with Gasteiger partial charge in [0.25, 0.3) is 11.8 Å². The first-order valence-electron chi connectivity index (χ1n) is 9.68. The molecule has 1 aliphatic rings. The Morgan fingerprint density at radius 1 is 1.00 bits per heavy atom. The van der Waals surface area contributed by atoms with Gasteiger partial charge in [0.1, 0.15) is 12.1 Å². The van der Waals surface area contributed by atoms with Gasteiger partial charge in [-0.2, -0.15) is 0 Å². The second-order valence-electron chi connectivity index (χ2n) is 6.99. The molecule has 1 aliphatic heterocycles. The van der Waals surface area contributed by atoms with Gasteiger partial charge in [-0.25, -0.2) is 13.9 Å². The zero-order chi connectivity index (χ0) is 21.8. The van der Waals surface area contributed by atoms with E-state index in [1.165, 1.54) is 23.1 Å². The second kappa shape index (κ2) is 8.82. The van der Waals surface area contributed by atoms with Gasteiger partial charge < -0.3 is 4.74 Å². The predicted octanol–water partition coefficient (Wildman–Crippen LogP) is 2.18. The number of esters is 1. The molecule has 1 fully saturated rings. The number of carbonyl (C=O) groups excluding carboxylic acids is 3. The van der Waals surface area contributed by atoms with Crippen molar-refractivity contribution in [2.45, 2.75) is 25.4 Å². The van der Waals surface area contributed by atoms with Gasteiger partial charge in [-0.05, 0) is 78.2 Å². The number of tetrazole rings is 1. The Bertz CT molecular complexity index is 1080. The third-order valence-electron chi connectivity index (χ3n) is 4.94. The van der Waals surface area contributed by atoms with Gasteiger partial charge in [-0.1, -0.05) is 0 Å². The molecule has 10 heteroatoms. The van der Waals surface area contributed by atoms with Crippen molar-refractivity contribution in [2.75, 3.05) is 6.54 Å². The molecule has 3 aromatic rings. The van der Waals surface area contributed by atoms with Crippen LogP contribution in [0.2, 0.25) is 0 Å². The molecule has 0 N–H and O–H groups in total. The summed E-state index contributed by atoms with van der Waals surface area (Å²) in [5, 5.41) is 10.9. The van der Waals surface area contributed by atoms with Crippen LogP contribution < -0.4 is 0 Å². The zero-order valence-corrected chi connectivity index (χ0v) is 16.3. The topological polar surface area (TPSA) is 107 Å². The number of ether oxygens (including phenoxy) is 1. The molecule has 2 amide bonds. The zero-order valence-electron chi connectivity index (χ0n) is 16.3. The Labute approximate surface area is 176 Å². The van der Waals surface area contributed by atoms with Crippen LogP contribution in [0.4, 0.5) is 4.39 Å². The number of benzene rings is 2. The van der Waals surface area contributed by atoms with Crippen molar-refractivity contribution in [1.29, 1.82) is 0 Å². The summed E-state index contributed by atoms with van der Waals surface area (Å²) in [7, 11) is 0. The summed E-state index contributed by atoms with van der Waals surface area (Å²) in [6.45, 7) is 0.212. The normalized spacial score (nSPS) is 16.6. The number of nitrogens with zero attached hydrogens (tertiary/aromatic N) is 5. The van der Waals surface area contributed by atoms with Gasteiger partial charge in [0.15, 0.2) is 6.10 Å². The molecular formula is C21H18FN5O4. The molecule has 0 unspecified atom stereocenters. The molecular weight excluding hydrogens is 405 g/mol. The third-order valence-corrected chi connectivity index (χ3v) is 4.94. The van der Waals surface area contributed by atoms with Gasteiger partial charge >= 0.3 is 5.97 Å². The van der Waals surface area contributed by atoms with Gasteiger partial charge in [-0.15, -0.1) is 5.10 Å². The highest BCUT2D eigenvalue weighted by Gasteiger charge is 2.34. The lowest BCUT2D eigenvalue weighted by Gasteiger charge is -2.22. The molecule has 4 rings (SSSR count).